The molecule has 0 unspecified atom stereocenters. The zero-order chi connectivity index (χ0) is 42.4. The lowest BCUT2D eigenvalue weighted by atomic mass is 9.65. The van der Waals surface area contributed by atoms with E-state index in [-0.39, 0.29) is 5.41 Å². The van der Waals surface area contributed by atoms with E-state index in [0.717, 1.165) is 30.6 Å². The second-order valence-corrected chi connectivity index (χ2v) is 17.6. The minimum atomic E-state index is -0.0173. The molecule has 0 saturated heterocycles. The lowest BCUT2D eigenvalue weighted by molar-refractivity contribution is 0.346. The number of hydrogen-bond acceptors (Lipinski definition) is 2. The number of aryl methyl sites for hydroxylation is 2. The van der Waals surface area contributed by atoms with E-state index in [1.165, 1.54) is 133 Å². The molecule has 2 nitrogen and oxygen atoms in total. The van der Waals surface area contributed by atoms with Crippen molar-refractivity contribution >= 4 is 34.1 Å². The van der Waals surface area contributed by atoms with E-state index in [0.29, 0.717) is 0 Å². The minimum absolute atomic E-state index is 0.0173. The van der Waals surface area contributed by atoms with Crippen LogP contribution in [0.3, 0.4) is 0 Å². The standard InChI is InChI=1S/C60H66N2/c1-3-5-7-12-20-48-26-30-50(31-27-48)51-32-40-57(41-33-51)62(55-24-16-10-17-25-55)59-44-36-53(37-45-59)60(46-18-11-19-47-60)52-34-42-58(43-35-52)61(54-22-14-9-15-23-54)56-38-28-49(29-39-56)21-13-8-6-4-2/h9-10,14-17,22-45H,3-8,11-13,18-21,46-47H2,1-2H3. The van der Waals surface area contributed by atoms with Crippen LogP contribution >= 0.6 is 0 Å². The number of hydrogen-bond donors (Lipinski definition) is 0. The van der Waals surface area contributed by atoms with Crippen molar-refractivity contribution in [3.05, 3.63) is 204 Å². The fourth-order valence-corrected chi connectivity index (χ4v) is 9.80. The molecular weight excluding hydrogens is 749 g/mol. The third-order valence-electron chi connectivity index (χ3n) is 13.3. The maximum atomic E-state index is 2.42. The molecule has 316 valence electrons. The Bertz CT molecular complexity index is 2360. The number of nitrogens with zero attached hydrogens (tertiary/aromatic N) is 2. The Morgan fingerprint density at radius 2 is 0.677 bits per heavy atom. The van der Waals surface area contributed by atoms with Gasteiger partial charge in [-0.1, -0.05) is 181 Å². The van der Waals surface area contributed by atoms with E-state index in [9.17, 15) is 0 Å². The molecule has 1 saturated carbocycles. The average Bonchev–Trinajstić information content (AvgIpc) is 3.34. The highest BCUT2D eigenvalue weighted by Gasteiger charge is 2.36. The second kappa shape index (κ2) is 21.3. The summed E-state index contributed by atoms with van der Waals surface area (Å²) >= 11 is 0. The van der Waals surface area contributed by atoms with Crippen LogP contribution in [0.15, 0.2) is 182 Å². The molecule has 0 radical (unpaired) electrons. The highest BCUT2D eigenvalue weighted by molar-refractivity contribution is 5.79. The zero-order valence-corrected chi connectivity index (χ0v) is 37.3. The number of unbranched alkanes of at least 4 members (excludes halogenated alkanes) is 6. The average molecular weight is 815 g/mol. The highest BCUT2D eigenvalue weighted by atomic mass is 15.1. The van der Waals surface area contributed by atoms with E-state index in [1.807, 2.05) is 0 Å². The van der Waals surface area contributed by atoms with Crippen LogP contribution in [0, 0.1) is 0 Å². The van der Waals surface area contributed by atoms with Crippen LogP contribution in [0.2, 0.25) is 0 Å². The molecule has 0 aromatic heterocycles. The topological polar surface area (TPSA) is 6.48 Å². The Balaban J connectivity index is 1.05. The Labute approximate surface area is 373 Å². The number of benzene rings is 7. The summed E-state index contributed by atoms with van der Waals surface area (Å²) in [6, 6.07) is 68.3. The largest absolute Gasteiger partial charge is 0.311 e. The van der Waals surface area contributed by atoms with E-state index in [2.05, 4.69) is 206 Å². The van der Waals surface area contributed by atoms with Crippen LogP contribution in [0.4, 0.5) is 34.1 Å². The summed E-state index contributed by atoms with van der Waals surface area (Å²) in [5, 5.41) is 0. The number of anilines is 6. The molecule has 0 aliphatic heterocycles. The van der Waals surface area contributed by atoms with Gasteiger partial charge >= 0.3 is 0 Å². The molecule has 0 amide bonds. The summed E-state index contributed by atoms with van der Waals surface area (Å²) in [6.07, 6.45) is 18.8. The van der Waals surface area contributed by atoms with Crippen molar-refractivity contribution in [2.24, 2.45) is 0 Å². The van der Waals surface area contributed by atoms with Crippen molar-refractivity contribution in [2.45, 2.75) is 116 Å². The molecule has 0 heterocycles. The first kappa shape index (κ1) is 42.8. The Morgan fingerprint density at radius 1 is 0.339 bits per heavy atom. The molecule has 2 heteroatoms. The van der Waals surface area contributed by atoms with Gasteiger partial charge in [0.25, 0.3) is 0 Å². The van der Waals surface area contributed by atoms with Gasteiger partial charge in [0.05, 0.1) is 0 Å². The van der Waals surface area contributed by atoms with Gasteiger partial charge in [-0.15, -0.1) is 0 Å². The van der Waals surface area contributed by atoms with E-state index in [4.69, 9.17) is 0 Å². The van der Waals surface area contributed by atoms with Crippen LogP contribution < -0.4 is 9.80 Å². The van der Waals surface area contributed by atoms with Crippen LogP contribution in [0.25, 0.3) is 11.1 Å². The summed E-state index contributed by atoms with van der Waals surface area (Å²) < 4.78 is 0. The first-order valence-corrected chi connectivity index (χ1v) is 23.8. The smallest absolute Gasteiger partial charge is 0.0462 e. The van der Waals surface area contributed by atoms with Crippen LogP contribution in [0.1, 0.15) is 120 Å². The van der Waals surface area contributed by atoms with Crippen molar-refractivity contribution in [2.75, 3.05) is 9.80 Å². The summed E-state index contributed by atoms with van der Waals surface area (Å²) in [4.78, 5) is 4.80. The lowest BCUT2D eigenvalue weighted by Crippen LogP contribution is -2.30. The third-order valence-corrected chi connectivity index (χ3v) is 13.3. The van der Waals surface area contributed by atoms with E-state index < -0.39 is 0 Å². The van der Waals surface area contributed by atoms with Gasteiger partial charge in [-0.25, -0.2) is 0 Å². The summed E-state index contributed by atoms with van der Waals surface area (Å²) in [5.74, 6) is 0. The Kier molecular flexibility index (Phi) is 14.7. The molecule has 0 N–H and O–H groups in total. The fraction of sp³-hybridized carbons (Fsp3) is 0.300. The number of rotatable bonds is 19. The lowest BCUT2D eigenvalue weighted by Gasteiger charge is -2.39. The van der Waals surface area contributed by atoms with Crippen molar-refractivity contribution < 1.29 is 0 Å². The van der Waals surface area contributed by atoms with Gasteiger partial charge < -0.3 is 9.80 Å². The van der Waals surface area contributed by atoms with Gasteiger partial charge in [-0.3, -0.25) is 0 Å². The van der Waals surface area contributed by atoms with Crippen LogP contribution in [0.5, 0.6) is 0 Å². The molecule has 62 heavy (non-hydrogen) atoms. The van der Waals surface area contributed by atoms with E-state index in [1.54, 1.807) is 0 Å². The van der Waals surface area contributed by atoms with Crippen molar-refractivity contribution in [1.29, 1.82) is 0 Å². The summed E-state index contributed by atoms with van der Waals surface area (Å²) in [5.41, 5.74) is 15.3. The molecule has 0 atom stereocenters. The SMILES string of the molecule is CCCCCCc1ccc(-c2ccc(N(c3ccccc3)c3ccc(C4(c5ccc(N(c6ccccc6)c6ccc(CCCCCC)cc6)cc5)CCCCC4)cc3)cc2)cc1. The maximum Gasteiger partial charge on any atom is 0.0462 e. The monoisotopic (exact) mass is 815 g/mol. The fourth-order valence-electron chi connectivity index (χ4n) is 9.80. The second-order valence-electron chi connectivity index (χ2n) is 17.6. The van der Waals surface area contributed by atoms with Crippen LogP contribution in [-0.2, 0) is 18.3 Å². The quantitative estimate of drug-likeness (QED) is 0.0751. The predicted octanol–water partition coefficient (Wildman–Crippen LogP) is 17.8. The highest BCUT2D eigenvalue weighted by Crippen LogP contribution is 2.47. The normalized spacial score (nSPS) is 13.5. The molecule has 0 spiro atoms. The van der Waals surface area contributed by atoms with Crippen molar-refractivity contribution in [3.8, 4) is 11.1 Å². The van der Waals surface area contributed by atoms with Gasteiger partial charge in [0.15, 0.2) is 0 Å². The Hall–Kier alpha value is -5.86. The van der Waals surface area contributed by atoms with Gasteiger partial charge in [0, 0.05) is 39.5 Å². The maximum absolute atomic E-state index is 2.42. The predicted molar refractivity (Wildman–Crippen MR) is 267 cm³/mol. The molecular formula is C60H66N2. The minimum Gasteiger partial charge on any atom is -0.311 e. The Morgan fingerprint density at radius 3 is 1.08 bits per heavy atom. The third kappa shape index (κ3) is 10.2. The summed E-state index contributed by atoms with van der Waals surface area (Å²) in [6.45, 7) is 4.56. The van der Waals surface area contributed by atoms with Crippen molar-refractivity contribution in [3.63, 3.8) is 0 Å². The molecule has 7 aromatic rings. The van der Waals surface area contributed by atoms with Gasteiger partial charge in [0.1, 0.15) is 0 Å². The first-order valence-electron chi connectivity index (χ1n) is 23.8. The van der Waals surface area contributed by atoms with Gasteiger partial charge in [-0.05, 0) is 145 Å². The molecule has 1 aliphatic carbocycles. The summed E-state index contributed by atoms with van der Waals surface area (Å²) in [7, 11) is 0. The van der Waals surface area contributed by atoms with Crippen LogP contribution in [-0.4, -0.2) is 0 Å². The molecule has 0 bridgehead atoms. The van der Waals surface area contributed by atoms with E-state index >= 15 is 0 Å². The molecule has 7 aromatic carbocycles. The van der Waals surface area contributed by atoms with Gasteiger partial charge in [-0.2, -0.15) is 0 Å². The van der Waals surface area contributed by atoms with Gasteiger partial charge in [0.2, 0.25) is 0 Å². The number of para-hydroxylation sites is 2. The first-order chi connectivity index (χ1) is 30.6. The van der Waals surface area contributed by atoms with Crippen molar-refractivity contribution in [1.82, 2.24) is 0 Å². The zero-order valence-electron chi connectivity index (χ0n) is 37.3. The molecule has 8 rings (SSSR count). The molecule has 1 aliphatic rings. The molecule has 1 fully saturated rings.